The zero-order chi connectivity index (χ0) is 17.4. The van der Waals surface area contributed by atoms with Crippen LogP contribution in [0.25, 0.3) is 0 Å². The minimum absolute atomic E-state index is 0.167. The first-order chi connectivity index (χ1) is 11.6. The van der Waals surface area contributed by atoms with Gasteiger partial charge in [-0.2, -0.15) is 0 Å². The van der Waals surface area contributed by atoms with Crippen molar-refractivity contribution in [1.29, 1.82) is 0 Å². The van der Waals surface area contributed by atoms with Gasteiger partial charge < -0.3 is 15.4 Å². The van der Waals surface area contributed by atoms with E-state index in [2.05, 4.69) is 10.6 Å². The van der Waals surface area contributed by atoms with Crippen LogP contribution in [0.3, 0.4) is 0 Å². The highest BCUT2D eigenvalue weighted by molar-refractivity contribution is 5.96. The van der Waals surface area contributed by atoms with Crippen molar-refractivity contribution < 1.29 is 18.7 Å². The molecule has 2 rings (SSSR count). The van der Waals surface area contributed by atoms with Gasteiger partial charge >= 0.3 is 0 Å². The number of hydrogen-bond acceptors (Lipinski definition) is 3. The second-order valence-corrected chi connectivity index (χ2v) is 5.11. The van der Waals surface area contributed by atoms with Gasteiger partial charge in [0.25, 0.3) is 5.91 Å². The molecule has 2 N–H and O–H groups in total. The van der Waals surface area contributed by atoms with Gasteiger partial charge in [0.2, 0.25) is 5.91 Å². The van der Waals surface area contributed by atoms with Crippen LogP contribution in [0.4, 0.5) is 4.39 Å². The number of para-hydroxylation sites is 1. The average Bonchev–Trinajstić information content (AvgIpc) is 2.60. The predicted molar refractivity (Wildman–Crippen MR) is 88.4 cm³/mol. The van der Waals surface area contributed by atoms with Gasteiger partial charge in [0.1, 0.15) is 11.6 Å². The van der Waals surface area contributed by atoms with Crippen molar-refractivity contribution in [3.8, 4) is 5.75 Å². The van der Waals surface area contributed by atoms with Crippen molar-refractivity contribution in [1.82, 2.24) is 10.6 Å². The number of carbonyl (C=O) groups excluding carboxylic acids is 2. The molecular formula is C18H19FN2O3. The maximum absolute atomic E-state index is 12.8. The summed E-state index contributed by atoms with van der Waals surface area (Å²) in [5.41, 5.74) is 1.17. The minimum atomic E-state index is -0.335. The first-order valence-electron chi connectivity index (χ1n) is 7.52. The van der Waals surface area contributed by atoms with Gasteiger partial charge in [-0.25, -0.2) is 4.39 Å². The summed E-state index contributed by atoms with van der Waals surface area (Å²) >= 11 is 0. The maximum atomic E-state index is 12.8. The average molecular weight is 330 g/mol. The third-order valence-electron chi connectivity index (χ3n) is 3.36. The molecule has 126 valence electrons. The van der Waals surface area contributed by atoms with Crippen LogP contribution in [0.2, 0.25) is 0 Å². The quantitative estimate of drug-likeness (QED) is 0.762. The summed E-state index contributed by atoms with van der Waals surface area (Å²) in [5, 5.41) is 5.42. The van der Waals surface area contributed by atoms with Crippen molar-refractivity contribution >= 4 is 11.8 Å². The molecule has 2 aromatic rings. The van der Waals surface area contributed by atoms with Crippen LogP contribution in [-0.4, -0.2) is 32.0 Å². The molecule has 0 saturated heterocycles. The number of methoxy groups -OCH3 is 1. The Bertz CT molecular complexity index is 702. The van der Waals surface area contributed by atoms with Crippen molar-refractivity contribution in [2.45, 2.75) is 6.42 Å². The fourth-order valence-electron chi connectivity index (χ4n) is 2.16. The van der Waals surface area contributed by atoms with E-state index in [1.54, 1.807) is 36.4 Å². The Kier molecular flexibility index (Phi) is 6.31. The predicted octanol–water partition coefficient (Wildman–Crippen LogP) is 1.92. The van der Waals surface area contributed by atoms with Gasteiger partial charge in [0.15, 0.2) is 0 Å². The molecule has 0 radical (unpaired) electrons. The number of hydrogen-bond donors (Lipinski definition) is 2. The number of rotatable bonds is 7. The van der Waals surface area contributed by atoms with Crippen molar-refractivity contribution in [3.05, 3.63) is 65.5 Å². The fourth-order valence-corrected chi connectivity index (χ4v) is 2.16. The van der Waals surface area contributed by atoms with Crippen LogP contribution >= 0.6 is 0 Å². The molecule has 0 aliphatic carbocycles. The molecule has 0 atom stereocenters. The molecular weight excluding hydrogens is 311 g/mol. The summed E-state index contributed by atoms with van der Waals surface area (Å²) in [7, 11) is 1.50. The minimum Gasteiger partial charge on any atom is -0.496 e. The van der Waals surface area contributed by atoms with Gasteiger partial charge in [0.05, 0.1) is 19.1 Å². The van der Waals surface area contributed by atoms with Crippen molar-refractivity contribution in [2.75, 3.05) is 20.2 Å². The SMILES string of the molecule is COc1ccccc1C(=O)NCCNC(=O)Cc1ccc(F)cc1. The Labute approximate surface area is 139 Å². The van der Waals surface area contributed by atoms with E-state index >= 15 is 0 Å². The first kappa shape index (κ1) is 17.5. The Balaban J connectivity index is 1.73. The maximum Gasteiger partial charge on any atom is 0.255 e. The molecule has 24 heavy (non-hydrogen) atoms. The molecule has 0 aliphatic rings. The molecule has 0 aliphatic heterocycles. The van der Waals surface area contributed by atoms with E-state index < -0.39 is 0 Å². The lowest BCUT2D eigenvalue weighted by atomic mass is 10.1. The van der Waals surface area contributed by atoms with Crippen LogP contribution < -0.4 is 15.4 Å². The monoisotopic (exact) mass is 330 g/mol. The van der Waals surface area contributed by atoms with E-state index in [-0.39, 0.29) is 24.1 Å². The number of nitrogens with one attached hydrogen (secondary N) is 2. The van der Waals surface area contributed by atoms with Crippen LogP contribution in [0.1, 0.15) is 15.9 Å². The van der Waals surface area contributed by atoms with E-state index in [1.165, 1.54) is 19.2 Å². The van der Waals surface area contributed by atoms with Crippen LogP contribution in [0.15, 0.2) is 48.5 Å². The summed E-state index contributed by atoms with van der Waals surface area (Å²) in [6.45, 7) is 0.604. The van der Waals surface area contributed by atoms with Gasteiger partial charge in [-0.15, -0.1) is 0 Å². The Hall–Kier alpha value is -2.89. The molecule has 0 saturated carbocycles. The summed E-state index contributed by atoms with van der Waals surface area (Å²) < 4.78 is 17.9. The lowest BCUT2D eigenvalue weighted by Crippen LogP contribution is -2.35. The highest BCUT2D eigenvalue weighted by Gasteiger charge is 2.10. The van der Waals surface area contributed by atoms with E-state index in [4.69, 9.17) is 4.74 Å². The number of benzene rings is 2. The van der Waals surface area contributed by atoms with E-state index in [0.29, 0.717) is 24.4 Å². The molecule has 2 amide bonds. The fraction of sp³-hybridized carbons (Fsp3) is 0.222. The zero-order valence-corrected chi connectivity index (χ0v) is 13.3. The Morgan fingerprint density at radius 3 is 2.38 bits per heavy atom. The lowest BCUT2D eigenvalue weighted by Gasteiger charge is -2.10. The molecule has 5 nitrogen and oxygen atoms in total. The topological polar surface area (TPSA) is 67.4 Å². The summed E-state index contributed by atoms with van der Waals surface area (Å²) in [6.07, 6.45) is 0.167. The largest absolute Gasteiger partial charge is 0.496 e. The first-order valence-corrected chi connectivity index (χ1v) is 7.52. The van der Waals surface area contributed by atoms with Gasteiger partial charge in [-0.1, -0.05) is 24.3 Å². The van der Waals surface area contributed by atoms with Crippen molar-refractivity contribution in [2.24, 2.45) is 0 Å². The van der Waals surface area contributed by atoms with Gasteiger partial charge in [-0.05, 0) is 29.8 Å². The Morgan fingerprint density at radius 1 is 1.00 bits per heavy atom. The lowest BCUT2D eigenvalue weighted by molar-refractivity contribution is -0.120. The number of ether oxygens (including phenoxy) is 1. The number of halogens is 1. The second kappa shape index (κ2) is 8.67. The molecule has 0 aromatic heterocycles. The van der Waals surface area contributed by atoms with Crippen molar-refractivity contribution in [3.63, 3.8) is 0 Å². The normalized spacial score (nSPS) is 10.1. The zero-order valence-electron chi connectivity index (χ0n) is 13.3. The van der Waals surface area contributed by atoms with Crippen LogP contribution in [-0.2, 0) is 11.2 Å². The standard InChI is InChI=1S/C18H19FN2O3/c1-24-16-5-3-2-4-15(16)18(23)21-11-10-20-17(22)12-13-6-8-14(19)9-7-13/h2-9H,10-12H2,1H3,(H,20,22)(H,21,23). The summed E-state index contributed by atoms with van der Waals surface area (Å²) in [6, 6.07) is 12.7. The molecule has 6 heteroatoms. The van der Waals surface area contributed by atoms with E-state index in [0.717, 1.165) is 5.56 Å². The smallest absolute Gasteiger partial charge is 0.255 e. The molecule has 0 unspecified atom stereocenters. The number of amides is 2. The summed E-state index contributed by atoms with van der Waals surface area (Å²) in [4.78, 5) is 23.8. The molecule has 0 spiro atoms. The Morgan fingerprint density at radius 2 is 1.67 bits per heavy atom. The molecule has 0 fully saturated rings. The van der Waals surface area contributed by atoms with Crippen LogP contribution in [0, 0.1) is 5.82 Å². The molecule has 0 heterocycles. The highest BCUT2D eigenvalue weighted by atomic mass is 19.1. The third-order valence-corrected chi connectivity index (χ3v) is 3.36. The van der Waals surface area contributed by atoms with Gasteiger partial charge in [0, 0.05) is 13.1 Å². The summed E-state index contributed by atoms with van der Waals surface area (Å²) in [5.74, 6) is -0.290. The van der Waals surface area contributed by atoms with E-state index in [9.17, 15) is 14.0 Å². The van der Waals surface area contributed by atoms with E-state index in [1.807, 2.05) is 0 Å². The van der Waals surface area contributed by atoms with Gasteiger partial charge in [-0.3, -0.25) is 9.59 Å². The highest BCUT2D eigenvalue weighted by Crippen LogP contribution is 2.16. The van der Waals surface area contributed by atoms with Crippen LogP contribution in [0.5, 0.6) is 5.75 Å². The molecule has 2 aromatic carbocycles. The third kappa shape index (κ3) is 5.08. The molecule has 0 bridgehead atoms. The number of carbonyl (C=O) groups is 2. The second-order valence-electron chi connectivity index (χ2n) is 5.11.